The molecular formula is C16H15NO2S. The van der Waals surface area contributed by atoms with E-state index in [2.05, 4.69) is 5.32 Å². The third-order valence-electron chi connectivity index (χ3n) is 2.64. The number of ketones is 1. The number of carbonyl (C=O) groups is 2. The second-order valence-corrected chi connectivity index (χ2v) is 5.33. The van der Waals surface area contributed by atoms with Crippen molar-refractivity contribution in [1.29, 1.82) is 0 Å². The Morgan fingerprint density at radius 2 is 1.65 bits per heavy atom. The van der Waals surface area contributed by atoms with Crippen molar-refractivity contribution in [3.05, 3.63) is 60.2 Å². The van der Waals surface area contributed by atoms with E-state index in [1.807, 2.05) is 30.3 Å². The Kier molecular flexibility index (Phi) is 4.96. The fourth-order valence-corrected chi connectivity index (χ4v) is 2.51. The molecule has 0 aliphatic heterocycles. The molecule has 1 N–H and O–H groups in total. The van der Waals surface area contributed by atoms with Gasteiger partial charge in [0, 0.05) is 23.1 Å². The van der Waals surface area contributed by atoms with Crippen molar-refractivity contribution >= 4 is 29.1 Å². The van der Waals surface area contributed by atoms with Crippen LogP contribution < -0.4 is 5.32 Å². The van der Waals surface area contributed by atoms with Crippen LogP contribution in [-0.2, 0) is 4.79 Å². The first-order chi connectivity index (χ1) is 9.65. The van der Waals surface area contributed by atoms with Crippen molar-refractivity contribution in [1.82, 2.24) is 0 Å². The molecular weight excluding hydrogens is 270 g/mol. The molecule has 0 spiro atoms. The highest BCUT2D eigenvalue weighted by Crippen LogP contribution is 2.19. The van der Waals surface area contributed by atoms with Crippen LogP contribution in [0.15, 0.2) is 59.5 Å². The zero-order valence-electron chi connectivity index (χ0n) is 11.1. The van der Waals surface area contributed by atoms with Crippen LogP contribution in [0.4, 0.5) is 5.69 Å². The lowest BCUT2D eigenvalue weighted by Gasteiger charge is -2.04. The number of anilines is 1. The van der Waals surface area contributed by atoms with E-state index in [0.29, 0.717) is 17.0 Å². The van der Waals surface area contributed by atoms with Gasteiger partial charge in [-0.05, 0) is 36.4 Å². The van der Waals surface area contributed by atoms with E-state index in [0.717, 1.165) is 4.90 Å². The molecule has 0 aliphatic rings. The summed E-state index contributed by atoms with van der Waals surface area (Å²) in [6.07, 6.45) is 0. The zero-order valence-corrected chi connectivity index (χ0v) is 11.9. The van der Waals surface area contributed by atoms with E-state index in [9.17, 15) is 9.59 Å². The fourth-order valence-electron chi connectivity index (χ4n) is 1.69. The van der Waals surface area contributed by atoms with Crippen LogP contribution in [0.5, 0.6) is 0 Å². The second-order valence-electron chi connectivity index (χ2n) is 4.28. The topological polar surface area (TPSA) is 46.2 Å². The molecule has 0 radical (unpaired) electrons. The molecule has 102 valence electrons. The maximum Gasteiger partial charge on any atom is 0.221 e. The van der Waals surface area contributed by atoms with E-state index < -0.39 is 0 Å². The van der Waals surface area contributed by atoms with E-state index in [-0.39, 0.29) is 11.7 Å². The molecule has 0 atom stereocenters. The van der Waals surface area contributed by atoms with Gasteiger partial charge in [-0.25, -0.2) is 0 Å². The molecule has 4 heteroatoms. The summed E-state index contributed by atoms with van der Waals surface area (Å²) in [5.74, 6) is 0.362. The van der Waals surface area contributed by atoms with E-state index in [1.165, 1.54) is 18.7 Å². The van der Waals surface area contributed by atoms with Gasteiger partial charge in [0.25, 0.3) is 0 Å². The first-order valence-corrected chi connectivity index (χ1v) is 7.22. The molecule has 2 aromatic rings. The van der Waals surface area contributed by atoms with Gasteiger partial charge in [0.2, 0.25) is 5.91 Å². The summed E-state index contributed by atoms with van der Waals surface area (Å²) in [7, 11) is 0. The van der Waals surface area contributed by atoms with Crippen LogP contribution in [0.1, 0.15) is 17.3 Å². The molecule has 1 amide bonds. The normalized spacial score (nSPS) is 10.1. The summed E-state index contributed by atoms with van der Waals surface area (Å²) in [5.41, 5.74) is 1.35. The molecule has 2 aromatic carbocycles. The smallest absolute Gasteiger partial charge is 0.221 e. The van der Waals surface area contributed by atoms with E-state index in [1.54, 1.807) is 24.3 Å². The van der Waals surface area contributed by atoms with Crippen LogP contribution in [0.2, 0.25) is 0 Å². The molecule has 0 heterocycles. The summed E-state index contributed by atoms with van der Waals surface area (Å²) in [6.45, 7) is 1.45. The quantitative estimate of drug-likeness (QED) is 0.674. The Bertz CT molecular complexity index is 594. The number of hydrogen-bond acceptors (Lipinski definition) is 3. The summed E-state index contributed by atoms with van der Waals surface area (Å²) >= 11 is 1.52. The van der Waals surface area contributed by atoms with Crippen LogP contribution in [-0.4, -0.2) is 17.4 Å². The maximum atomic E-state index is 12.0. The van der Waals surface area contributed by atoms with Crippen molar-refractivity contribution in [2.75, 3.05) is 11.1 Å². The van der Waals surface area contributed by atoms with E-state index >= 15 is 0 Å². The second kappa shape index (κ2) is 6.91. The molecule has 0 aliphatic carbocycles. The number of benzene rings is 2. The first kappa shape index (κ1) is 14.3. The fraction of sp³-hybridized carbons (Fsp3) is 0.125. The van der Waals surface area contributed by atoms with Crippen molar-refractivity contribution in [3.63, 3.8) is 0 Å². The Hall–Kier alpha value is -2.07. The molecule has 0 aromatic heterocycles. The third-order valence-corrected chi connectivity index (χ3v) is 3.65. The van der Waals surface area contributed by atoms with Gasteiger partial charge >= 0.3 is 0 Å². The molecule has 20 heavy (non-hydrogen) atoms. The average molecular weight is 285 g/mol. The first-order valence-electron chi connectivity index (χ1n) is 6.24. The zero-order chi connectivity index (χ0) is 14.4. The predicted molar refractivity (Wildman–Crippen MR) is 82.2 cm³/mol. The predicted octanol–water partition coefficient (Wildman–Crippen LogP) is 3.62. The Labute approximate surface area is 122 Å². The molecule has 0 bridgehead atoms. The lowest BCUT2D eigenvalue weighted by atomic mass is 10.1. The number of hydrogen-bond donors (Lipinski definition) is 1. The number of rotatable bonds is 5. The number of Topliss-reactive ketones (excluding diaryl/α,β-unsaturated/α-hetero) is 1. The van der Waals surface area contributed by atoms with Gasteiger partial charge in [0.15, 0.2) is 5.78 Å². The van der Waals surface area contributed by atoms with Crippen LogP contribution in [0.3, 0.4) is 0 Å². The molecule has 0 fully saturated rings. The van der Waals surface area contributed by atoms with Crippen molar-refractivity contribution < 1.29 is 9.59 Å². The number of amides is 1. The number of carbonyl (C=O) groups excluding carboxylic acids is 2. The molecule has 3 nitrogen and oxygen atoms in total. The highest BCUT2D eigenvalue weighted by Gasteiger charge is 2.06. The largest absolute Gasteiger partial charge is 0.326 e. The van der Waals surface area contributed by atoms with Gasteiger partial charge in [0.1, 0.15) is 0 Å². The average Bonchev–Trinajstić information content (AvgIpc) is 2.46. The monoisotopic (exact) mass is 285 g/mol. The third kappa shape index (κ3) is 4.24. The standard InChI is InChI=1S/C16H15NO2S/c1-12(18)17-14-9-7-13(8-10-14)16(19)11-20-15-5-3-2-4-6-15/h2-10H,11H2,1H3,(H,17,18). The Balaban J connectivity index is 1.94. The molecule has 2 rings (SSSR count). The lowest BCUT2D eigenvalue weighted by molar-refractivity contribution is -0.114. The van der Waals surface area contributed by atoms with Gasteiger partial charge in [0.05, 0.1) is 5.75 Å². The Morgan fingerprint density at radius 1 is 1.00 bits per heavy atom. The maximum absolute atomic E-state index is 12.0. The number of nitrogens with one attached hydrogen (secondary N) is 1. The minimum atomic E-state index is -0.122. The van der Waals surface area contributed by atoms with Crippen LogP contribution in [0.25, 0.3) is 0 Å². The minimum absolute atomic E-state index is 0.0771. The lowest BCUT2D eigenvalue weighted by Crippen LogP contribution is -2.06. The molecule has 0 saturated heterocycles. The van der Waals surface area contributed by atoms with Gasteiger partial charge in [-0.1, -0.05) is 18.2 Å². The van der Waals surface area contributed by atoms with Crippen LogP contribution >= 0.6 is 11.8 Å². The number of thioether (sulfide) groups is 1. The summed E-state index contributed by atoms with van der Waals surface area (Å²) in [5, 5.41) is 2.67. The van der Waals surface area contributed by atoms with Crippen LogP contribution in [0, 0.1) is 0 Å². The summed E-state index contributed by atoms with van der Waals surface area (Å²) in [4.78, 5) is 24.0. The van der Waals surface area contributed by atoms with Gasteiger partial charge < -0.3 is 5.32 Å². The minimum Gasteiger partial charge on any atom is -0.326 e. The highest BCUT2D eigenvalue weighted by atomic mass is 32.2. The van der Waals surface area contributed by atoms with Gasteiger partial charge in [-0.2, -0.15) is 0 Å². The summed E-state index contributed by atoms with van der Waals surface area (Å²) < 4.78 is 0. The van der Waals surface area contributed by atoms with Crippen molar-refractivity contribution in [3.8, 4) is 0 Å². The van der Waals surface area contributed by atoms with Gasteiger partial charge in [-0.3, -0.25) is 9.59 Å². The SMILES string of the molecule is CC(=O)Nc1ccc(C(=O)CSc2ccccc2)cc1. The van der Waals surface area contributed by atoms with E-state index in [4.69, 9.17) is 0 Å². The van der Waals surface area contributed by atoms with Gasteiger partial charge in [-0.15, -0.1) is 11.8 Å². The van der Waals surface area contributed by atoms with Crippen molar-refractivity contribution in [2.24, 2.45) is 0 Å². The summed E-state index contributed by atoms with van der Waals surface area (Å²) in [6, 6.07) is 16.8. The molecule has 0 saturated carbocycles. The highest BCUT2D eigenvalue weighted by molar-refractivity contribution is 8.00. The van der Waals surface area contributed by atoms with Crippen molar-refractivity contribution in [2.45, 2.75) is 11.8 Å². The molecule has 0 unspecified atom stereocenters. The Morgan fingerprint density at radius 3 is 2.25 bits per heavy atom.